The lowest BCUT2D eigenvalue weighted by Crippen LogP contribution is -2.44. The van der Waals surface area contributed by atoms with Crippen molar-refractivity contribution in [2.75, 3.05) is 12.8 Å². The second kappa shape index (κ2) is 5.42. The fourth-order valence-electron chi connectivity index (χ4n) is 1.66. The fourth-order valence-corrected chi connectivity index (χ4v) is 1.66. The normalized spacial score (nSPS) is 11.6. The summed E-state index contributed by atoms with van der Waals surface area (Å²) >= 11 is 0. The molecule has 1 aromatic rings. The summed E-state index contributed by atoms with van der Waals surface area (Å²) in [7, 11) is 1.79. The highest BCUT2D eigenvalue weighted by Crippen LogP contribution is 2.22. The number of carbonyl (C=O) groups excluding carboxylic acids is 1. The van der Waals surface area contributed by atoms with Crippen LogP contribution in [0, 0.1) is 0 Å². The fraction of sp³-hybridized carbons (Fsp3) is 0.692. The van der Waals surface area contributed by atoms with Crippen LogP contribution in [0.25, 0.3) is 0 Å². The number of rotatable bonds is 5. The molecule has 0 radical (unpaired) electrons. The number of aryl methyl sites for hydroxylation is 1. The highest BCUT2D eigenvalue weighted by atomic mass is 16.2. The van der Waals surface area contributed by atoms with Crippen molar-refractivity contribution in [3.8, 4) is 0 Å². The highest BCUT2D eigenvalue weighted by molar-refractivity contribution is 5.97. The van der Waals surface area contributed by atoms with Gasteiger partial charge in [-0.3, -0.25) is 9.89 Å². The van der Waals surface area contributed by atoms with Gasteiger partial charge in [-0.05, 0) is 26.7 Å². The van der Waals surface area contributed by atoms with Crippen LogP contribution in [0.15, 0.2) is 0 Å². The van der Waals surface area contributed by atoms with Crippen molar-refractivity contribution in [1.82, 2.24) is 15.1 Å². The van der Waals surface area contributed by atoms with Crippen molar-refractivity contribution in [2.45, 2.75) is 52.5 Å². The summed E-state index contributed by atoms with van der Waals surface area (Å²) in [6.07, 6.45) is 2.66. The standard InChI is InChI=1S/C13H24N4O/c1-6-8-9-10(14)11(16-15-9)12(18)17(5)13(3,4)7-2/h6-8,14H2,1-5H3,(H,15,16). The van der Waals surface area contributed by atoms with Crippen molar-refractivity contribution >= 4 is 11.6 Å². The van der Waals surface area contributed by atoms with Crippen molar-refractivity contribution in [1.29, 1.82) is 0 Å². The van der Waals surface area contributed by atoms with E-state index in [1.54, 1.807) is 11.9 Å². The van der Waals surface area contributed by atoms with Gasteiger partial charge >= 0.3 is 0 Å². The van der Waals surface area contributed by atoms with Crippen molar-refractivity contribution in [3.63, 3.8) is 0 Å². The molecule has 0 unspecified atom stereocenters. The number of aromatic nitrogens is 2. The molecule has 0 bridgehead atoms. The van der Waals surface area contributed by atoms with Gasteiger partial charge in [-0.2, -0.15) is 5.10 Å². The van der Waals surface area contributed by atoms with Gasteiger partial charge in [0.05, 0.1) is 11.4 Å². The van der Waals surface area contributed by atoms with Crippen LogP contribution in [-0.2, 0) is 6.42 Å². The smallest absolute Gasteiger partial charge is 0.276 e. The van der Waals surface area contributed by atoms with Gasteiger partial charge in [0.1, 0.15) is 0 Å². The Morgan fingerprint density at radius 2 is 2.06 bits per heavy atom. The summed E-state index contributed by atoms with van der Waals surface area (Å²) in [4.78, 5) is 14.1. The Morgan fingerprint density at radius 3 is 2.56 bits per heavy atom. The van der Waals surface area contributed by atoms with Crippen molar-refractivity contribution < 1.29 is 4.79 Å². The van der Waals surface area contributed by atoms with Gasteiger partial charge < -0.3 is 10.6 Å². The van der Waals surface area contributed by atoms with E-state index < -0.39 is 0 Å². The predicted molar refractivity (Wildman–Crippen MR) is 73.5 cm³/mol. The van der Waals surface area contributed by atoms with Crippen LogP contribution in [-0.4, -0.2) is 33.6 Å². The minimum Gasteiger partial charge on any atom is -0.395 e. The van der Waals surface area contributed by atoms with E-state index in [9.17, 15) is 4.79 Å². The molecule has 0 aliphatic rings. The second-order valence-electron chi connectivity index (χ2n) is 5.24. The maximum Gasteiger partial charge on any atom is 0.276 e. The van der Waals surface area contributed by atoms with E-state index in [0.29, 0.717) is 11.4 Å². The summed E-state index contributed by atoms with van der Waals surface area (Å²) in [5.41, 5.74) is 7.44. The molecule has 3 N–H and O–H groups in total. The van der Waals surface area contributed by atoms with E-state index >= 15 is 0 Å². The molecule has 1 heterocycles. The van der Waals surface area contributed by atoms with Crippen LogP contribution in [0.2, 0.25) is 0 Å². The largest absolute Gasteiger partial charge is 0.395 e. The molecular weight excluding hydrogens is 228 g/mol. The molecule has 1 aromatic heterocycles. The van der Waals surface area contributed by atoms with E-state index in [4.69, 9.17) is 5.73 Å². The Morgan fingerprint density at radius 1 is 1.44 bits per heavy atom. The highest BCUT2D eigenvalue weighted by Gasteiger charge is 2.29. The first kappa shape index (κ1) is 14.5. The number of nitrogens with zero attached hydrogens (tertiary/aromatic N) is 2. The molecule has 18 heavy (non-hydrogen) atoms. The molecule has 0 fully saturated rings. The van der Waals surface area contributed by atoms with Crippen LogP contribution in [0.3, 0.4) is 0 Å². The minimum atomic E-state index is -0.201. The Balaban J connectivity index is 2.98. The first-order valence-electron chi connectivity index (χ1n) is 6.46. The molecule has 0 aliphatic heterocycles. The second-order valence-corrected chi connectivity index (χ2v) is 5.24. The number of H-pyrrole nitrogens is 1. The quantitative estimate of drug-likeness (QED) is 0.843. The van der Waals surface area contributed by atoms with Gasteiger partial charge in [0, 0.05) is 12.6 Å². The molecule has 1 amide bonds. The van der Waals surface area contributed by atoms with Crippen LogP contribution in [0.5, 0.6) is 0 Å². The molecule has 1 rings (SSSR count). The summed E-state index contributed by atoms with van der Waals surface area (Å²) in [6.45, 7) is 8.18. The lowest BCUT2D eigenvalue weighted by atomic mass is 9.99. The zero-order chi connectivity index (χ0) is 13.9. The molecule has 0 aliphatic carbocycles. The first-order valence-corrected chi connectivity index (χ1v) is 6.46. The number of anilines is 1. The van der Waals surface area contributed by atoms with E-state index in [1.165, 1.54) is 0 Å². The van der Waals surface area contributed by atoms with Crippen molar-refractivity contribution in [2.24, 2.45) is 0 Å². The van der Waals surface area contributed by atoms with Gasteiger partial charge in [-0.25, -0.2) is 0 Å². The lowest BCUT2D eigenvalue weighted by molar-refractivity contribution is 0.0615. The number of amides is 1. The summed E-state index contributed by atoms with van der Waals surface area (Å²) in [5, 5.41) is 6.92. The molecule has 0 atom stereocenters. The van der Waals surface area contributed by atoms with E-state index in [2.05, 4.69) is 24.0 Å². The van der Waals surface area contributed by atoms with Gasteiger partial charge in [0.2, 0.25) is 0 Å². The van der Waals surface area contributed by atoms with Gasteiger partial charge in [0.15, 0.2) is 5.69 Å². The summed E-state index contributed by atoms with van der Waals surface area (Å²) < 4.78 is 0. The third-order valence-corrected chi connectivity index (χ3v) is 3.66. The molecule has 5 heteroatoms. The predicted octanol–water partition coefficient (Wildman–Crippen LogP) is 2.21. The summed E-state index contributed by atoms with van der Waals surface area (Å²) in [5.74, 6) is -0.127. The number of hydrogen-bond acceptors (Lipinski definition) is 3. The van der Waals surface area contributed by atoms with E-state index in [-0.39, 0.29) is 11.4 Å². The Kier molecular flexibility index (Phi) is 4.38. The number of nitrogens with two attached hydrogens (primary N) is 1. The van der Waals surface area contributed by atoms with Crippen molar-refractivity contribution in [3.05, 3.63) is 11.4 Å². The average Bonchev–Trinajstić information content (AvgIpc) is 2.70. The number of carbonyl (C=O) groups is 1. The Hall–Kier alpha value is -1.52. The van der Waals surface area contributed by atoms with Gasteiger partial charge in [0.25, 0.3) is 5.91 Å². The molecule has 0 saturated carbocycles. The van der Waals surface area contributed by atoms with E-state index in [0.717, 1.165) is 25.0 Å². The van der Waals surface area contributed by atoms with Crippen LogP contribution in [0.4, 0.5) is 5.69 Å². The third-order valence-electron chi connectivity index (χ3n) is 3.66. The minimum absolute atomic E-state index is 0.127. The van der Waals surface area contributed by atoms with Crippen LogP contribution in [0.1, 0.15) is 56.7 Å². The molecular formula is C13H24N4O. The number of nitrogen functional groups attached to an aromatic ring is 1. The van der Waals surface area contributed by atoms with Crippen LogP contribution >= 0.6 is 0 Å². The number of nitrogens with one attached hydrogen (secondary N) is 1. The topological polar surface area (TPSA) is 75.0 Å². The maximum atomic E-state index is 12.4. The summed E-state index contributed by atoms with van der Waals surface area (Å²) in [6, 6.07) is 0. The molecule has 0 aromatic carbocycles. The van der Waals surface area contributed by atoms with Gasteiger partial charge in [-0.1, -0.05) is 20.3 Å². The molecule has 0 spiro atoms. The first-order chi connectivity index (χ1) is 8.35. The Bertz CT molecular complexity index is 423. The van der Waals surface area contributed by atoms with Gasteiger partial charge in [-0.15, -0.1) is 0 Å². The molecule has 102 valence electrons. The monoisotopic (exact) mass is 252 g/mol. The lowest BCUT2D eigenvalue weighted by Gasteiger charge is -2.34. The zero-order valence-electron chi connectivity index (χ0n) is 12.0. The third kappa shape index (κ3) is 2.66. The van der Waals surface area contributed by atoms with Crippen LogP contribution < -0.4 is 5.73 Å². The molecule has 5 nitrogen and oxygen atoms in total. The van der Waals surface area contributed by atoms with E-state index in [1.807, 2.05) is 13.8 Å². The zero-order valence-corrected chi connectivity index (χ0v) is 12.0. The SMILES string of the molecule is CCCc1[nH]nc(C(=O)N(C)C(C)(C)CC)c1N. The maximum absolute atomic E-state index is 12.4. The number of aromatic amines is 1. The number of hydrogen-bond donors (Lipinski definition) is 2. The Labute approximate surface area is 109 Å². The average molecular weight is 252 g/mol. The molecule has 0 saturated heterocycles.